The fraction of sp³-hybridized carbons (Fsp3) is 0.375. The summed E-state index contributed by atoms with van der Waals surface area (Å²) in [6.45, 7) is 5.39. The molecule has 1 amide bonds. The topological polar surface area (TPSA) is 65.4 Å². The van der Waals surface area contributed by atoms with Gasteiger partial charge in [0.05, 0.1) is 13.7 Å². The lowest BCUT2D eigenvalue weighted by Gasteiger charge is -2.07. The van der Waals surface area contributed by atoms with Crippen molar-refractivity contribution in [1.29, 1.82) is 0 Å². The van der Waals surface area contributed by atoms with E-state index < -0.39 is 0 Å². The van der Waals surface area contributed by atoms with Crippen LogP contribution in [-0.4, -0.2) is 29.4 Å². The Balaban J connectivity index is 2.06. The SMILES string of the molecule is CCOc1nn(CC)cc1C(=O)NCc1cccc(OC)c1. The molecule has 0 saturated heterocycles. The Hall–Kier alpha value is -2.50. The van der Waals surface area contributed by atoms with E-state index >= 15 is 0 Å². The summed E-state index contributed by atoms with van der Waals surface area (Å²) in [7, 11) is 1.62. The molecule has 22 heavy (non-hydrogen) atoms. The van der Waals surface area contributed by atoms with Crippen LogP contribution in [0.3, 0.4) is 0 Å². The smallest absolute Gasteiger partial charge is 0.258 e. The highest BCUT2D eigenvalue weighted by Crippen LogP contribution is 2.17. The Kier molecular flexibility index (Phi) is 5.41. The summed E-state index contributed by atoms with van der Waals surface area (Å²) in [5.41, 5.74) is 1.42. The highest BCUT2D eigenvalue weighted by molar-refractivity contribution is 5.96. The van der Waals surface area contributed by atoms with Crippen LogP contribution in [0.25, 0.3) is 0 Å². The van der Waals surface area contributed by atoms with Crippen molar-refractivity contribution in [3.63, 3.8) is 0 Å². The first-order chi connectivity index (χ1) is 10.7. The summed E-state index contributed by atoms with van der Waals surface area (Å²) >= 11 is 0. The maximum atomic E-state index is 12.3. The maximum absolute atomic E-state index is 12.3. The molecule has 1 aromatic heterocycles. The Morgan fingerprint density at radius 2 is 2.18 bits per heavy atom. The molecule has 1 aromatic carbocycles. The first-order valence-electron chi connectivity index (χ1n) is 7.29. The minimum absolute atomic E-state index is 0.203. The third-order valence-electron chi connectivity index (χ3n) is 3.16. The molecule has 1 N–H and O–H groups in total. The average Bonchev–Trinajstić information content (AvgIpc) is 2.96. The van der Waals surface area contributed by atoms with Crippen LogP contribution >= 0.6 is 0 Å². The molecular weight excluding hydrogens is 282 g/mol. The molecule has 2 rings (SSSR count). The van der Waals surface area contributed by atoms with Crippen LogP contribution in [0, 0.1) is 0 Å². The second-order valence-electron chi connectivity index (χ2n) is 4.67. The van der Waals surface area contributed by atoms with Gasteiger partial charge in [-0.3, -0.25) is 9.48 Å². The zero-order valence-corrected chi connectivity index (χ0v) is 13.1. The summed E-state index contributed by atoms with van der Waals surface area (Å²) in [6.07, 6.45) is 1.70. The number of rotatable bonds is 7. The number of nitrogens with one attached hydrogen (secondary N) is 1. The van der Waals surface area contributed by atoms with Gasteiger partial charge < -0.3 is 14.8 Å². The molecule has 0 aliphatic rings. The van der Waals surface area contributed by atoms with Gasteiger partial charge in [-0.05, 0) is 31.5 Å². The van der Waals surface area contributed by atoms with E-state index in [9.17, 15) is 4.79 Å². The van der Waals surface area contributed by atoms with Crippen LogP contribution in [0.1, 0.15) is 29.8 Å². The molecule has 0 radical (unpaired) electrons. The second kappa shape index (κ2) is 7.49. The van der Waals surface area contributed by atoms with Crippen LogP contribution in [0.5, 0.6) is 11.6 Å². The van der Waals surface area contributed by atoms with Crippen LogP contribution in [0.15, 0.2) is 30.5 Å². The summed E-state index contributed by atoms with van der Waals surface area (Å²) in [6, 6.07) is 7.58. The van der Waals surface area contributed by atoms with Crippen molar-refractivity contribution >= 4 is 5.91 Å². The number of carbonyl (C=O) groups excluding carboxylic acids is 1. The number of aryl methyl sites for hydroxylation is 1. The number of benzene rings is 1. The van der Waals surface area contributed by atoms with Crippen LogP contribution in [0.4, 0.5) is 0 Å². The lowest BCUT2D eigenvalue weighted by atomic mass is 10.2. The number of methoxy groups -OCH3 is 1. The van der Waals surface area contributed by atoms with Gasteiger partial charge in [-0.25, -0.2) is 0 Å². The van der Waals surface area contributed by atoms with Gasteiger partial charge in [0.1, 0.15) is 11.3 Å². The minimum atomic E-state index is -0.203. The molecule has 2 aromatic rings. The molecule has 0 bridgehead atoms. The molecule has 0 saturated carbocycles. The number of nitrogens with zero attached hydrogens (tertiary/aromatic N) is 2. The van der Waals surface area contributed by atoms with Gasteiger partial charge in [-0.15, -0.1) is 5.10 Å². The minimum Gasteiger partial charge on any atom is -0.497 e. The Morgan fingerprint density at radius 1 is 1.36 bits per heavy atom. The third kappa shape index (κ3) is 3.78. The van der Waals surface area contributed by atoms with E-state index in [4.69, 9.17) is 9.47 Å². The highest BCUT2D eigenvalue weighted by Gasteiger charge is 2.17. The molecule has 118 valence electrons. The second-order valence-corrected chi connectivity index (χ2v) is 4.67. The van der Waals surface area contributed by atoms with E-state index in [-0.39, 0.29) is 5.91 Å². The Labute approximate surface area is 130 Å². The van der Waals surface area contributed by atoms with E-state index in [1.54, 1.807) is 18.0 Å². The van der Waals surface area contributed by atoms with Gasteiger partial charge in [0.15, 0.2) is 0 Å². The summed E-state index contributed by atoms with van der Waals surface area (Å²) in [4.78, 5) is 12.3. The molecule has 0 fully saturated rings. The molecule has 0 aliphatic carbocycles. The van der Waals surface area contributed by atoms with Gasteiger partial charge in [0.2, 0.25) is 5.88 Å². The first-order valence-corrected chi connectivity index (χ1v) is 7.29. The molecular formula is C16H21N3O3. The van der Waals surface area contributed by atoms with Crippen molar-refractivity contribution in [3.8, 4) is 11.6 Å². The summed E-state index contributed by atoms with van der Waals surface area (Å²) in [5.74, 6) is 0.930. The molecule has 1 heterocycles. The number of aromatic nitrogens is 2. The number of amides is 1. The van der Waals surface area contributed by atoms with Crippen molar-refractivity contribution in [2.75, 3.05) is 13.7 Å². The van der Waals surface area contributed by atoms with Crippen molar-refractivity contribution in [2.24, 2.45) is 0 Å². The highest BCUT2D eigenvalue weighted by atomic mass is 16.5. The van der Waals surface area contributed by atoms with Gasteiger partial charge >= 0.3 is 0 Å². The van der Waals surface area contributed by atoms with Crippen molar-refractivity contribution in [2.45, 2.75) is 26.9 Å². The number of hydrogen-bond acceptors (Lipinski definition) is 4. The lowest BCUT2D eigenvalue weighted by Crippen LogP contribution is -2.23. The van der Waals surface area contributed by atoms with Crippen molar-refractivity contribution in [3.05, 3.63) is 41.6 Å². The van der Waals surface area contributed by atoms with E-state index in [1.807, 2.05) is 38.1 Å². The predicted molar refractivity (Wildman–Crippen MR) is 83.2 cm³/mol. The molecule has 0 aliphatic heterocycles. The molecule has 0 unspecified atom stereocenters. The summed E-state index contributed by atoms with van der Waals surface area (Å²) < 4.78 is 12.3. The standard InChI is InChI=1S/C16H21N3O3/c1-4-19-11-14(16(18-19)22-5-2)15(20)17-10-12-7-6-8-13(9-12)21-3/h6-9,11H,4-5,10H2,1-3H3,(H,17,20). The van der Waals surface area contributed by atoms with Crippen molar-refractivity contribution < 1.29 is 14.3 Å². The third-order valence-corrected chi connectivity index (χ3v) is 3.16. The normalized spacial score (nSPS) is 10.3. The average molecular weight is 303 g/mol. The Bertz CT molecular complexity index is 637. The zero-order chi connectivity index (χ0) is 15.9. The van der Waals surface area contributed by atoms with E-state index in [0.29, 0.717) is 31.1 Å². The Morgan fingerprint density at radius 3 is 2.86 bits per heavy atom. The van der Waals surface area contributed by atoms with E-state index in [1.165, 1.54) is 0 Å². The first kappa shape index (κ1) is 15.9. The number of hydrogen-bond donors (Lipinski definition) is 1. The fourth-order valence-electron chi connectivity index (χ4n) is 2.02. The monoisotopic (exact) mass is 303 g/mol. The number of carbonyl (C=O) groups is 1. The largest absolute Gasteiger partial charge is 0.497 e. The van der Waals surface area contributed by atoms with Gasteiger partial charge in [-0.2, -0.15) is 0 Å². The predicted octanol–water partition coefficient (Wildman–Crippen LogP) is 2.24. The van der Waals surface area contributed by atoms with Crippen LogP contribution in [-0.2, 0) is 13.1 Å². The zero-order valence-electron chi connectivity index (χ0n) is 13.1. The summed E-state index contributed by atoms with van der Waals surface area (Å²) in [5, 5.41) is 7.11. The van der Waals surface area contributed by atoms with Gasteiger partial charge in [0, 0.05) is 19.3 Å². The van der Waals surface area contributed by atoms with Crippen molar-refractivity contribution in [1.82, 2.24) is 15.1 Å². The molecule has 0 atom stereocenters. The quantitative estimate of drug-likeness (QED) is 0.852. The molecule has 0 spiro atoms. The molecule has 6 heteroatoms. The van der Waals surface area contributed by atoms with Gasteiger partial charge in [-0.1, -0.05) is 12.1 Å². The maximum Gasteiger partial charge on any atom is 0.258 e. The number of ether oxygens (including phenoxy) is 2. The van der Waals surface area contributed by atoms with E-state index in [2.05, 4.69) is 10.4 Å². The lowest BCUT2D eigenvalue weighted by molar-refractivity contribution is 0.0947. The van der Waals surface area contributed by atoms with Crippen LogP contribution < -0.4 is 14.8 Å². The van der Waals surface area contributed by atoms with Gasteiger partial charge in [0.25, 0.3) is 5.91 Å². The fourth-order valence-corrected chi connectivity index (χ4v) is 2.02. The van der Waals surface area contributed by atoms with Crippen LogP contribution in [0.2, 0.25) is 0 Å². The van der Waals surface area contributed by atoms with E-state index in [0.717, 1.165) is 11.3 Å². The molecule has 6 nitrogen and oxygen atoms in total.